The number of fused-ring (bicyclic) bond motifs is 1. The molecule has 0 spiro atoms. The van der Waals surface area contributed by atoms with Crippen LogP contribution in [0.15, 0.2) is 36.4 Å². The van der Waals surface area contributed by atoms with Crippen molar-refractivity contribution in [2.24, 2.45) is 0 Å². The Kier molecular flexibility index (Phi) is 4.42. The molecule has 1 saturated heterocycles. The van der Waals surface area contributed by atoms with Gasteiger partial charge in [-0.3, -0.25) is 4.79 Å². The van der Waals surface area contributed by atoms with Gasteiger partial charge in [0.2, 0.25) is 5.91 Å². The normalized spacial score (nSPS) is 19.0. The maximum absolute atomic E-state index is 13.1. The average Bonchev–Trinajstić information content (AvgIpc) is 3.22. The first-order valence-electron chi connectivity index (χ1n) is 8.80. The molecule has 126 valence electrons. The Morgan fingerprint density at radius 1 is 1.17 bits per heavy atom. The van der Waals surface area contributed by atoms with Crippen LogP contribution in [0.1, 0.15) is 40.1 Å². The van der Waals surface area contributed by atoms with Crippen LogP contribution in [-0.4, -0.2) is 19.1 Å². The van der Waals surface area contributed by atoms with Crippen LogP contribution in [0.4, 0.5) is 0 Å². The molecule has 2 aromatic rings. The molecule has 2 aliphatic rings. The number of ether oxygens (including phenoxy) is 1. The van der Waals surface area contributed by atoms with Crippen molar-refractivity contribution in [2.75, 3.05) is 13.2 Å². The molecule has 0 unspecified atom stereocenters. The third-order valence-electron chi connectivity index (χ3n) is 5.33. The van der Waals surface area contributed by atoms with Crippen molar-refractivity contribution in [1.82, 2.24) is 5.32 Å². The minimum absolute atomic E-state index is 0.144. The van der Waals surface area contributed by atoms with Crippen LogP contribution >= 0.6 is 11.3 Å². The fourth-order valence-electron chi connectivity index (χ4n) is 3.94. The van der Waals surface area contributed by atoms with E-state index < -0.39 is 5.41 Å². The van der Waals surface area contributed by atoms with Crippen LogP contribution in [0.25, 0.3) is 0 Å². The molecule has 1 amide bonds. The van der Waals surface area contributed by atoms with Gasteiger partial charge in [-0.05, 0) is 49.3 Å². The van der Waals surface area contributed by atoms with E-state index in [4.69, 9.17) is 4.74 Å². The van der Waals surface area contributed by atoms with Gasteiger partial charge in [0.1, 0.15) is 0 Å². The predicted octanol–water partition coefficient (Wildman–Crippen LogP) is 3.60. The molecular weight excluding hydrogens is 318 g/mol. The van der Waals surface area contributed by atoms with Crippen LogP contribution in [0.2, 0.25) is 0 Å². The van der Waals surface area contributed by atoms with Gasteiger partial charge in [-0.2, -0.15) is 0 Å². The molecule has 1 aliphatic carbocycles. The zero-order valence-corrected chi connectivity index (χ0v) is 14.7. The van der Waals surface area contributed by atoms with Crippen molar-refractivity contribution >= 4 is 17.2 Å². The lowest BCUT2D eigenvalue weighted by molar-refractivity contribution is -0.130. The second kappa shape index (κ2) is 6.69. The summed E-state index contributed by atoms with van der Waals surface area (Å²) in [5, 5.41) is 3.21. The Bertz CT molecular complexity index is 695. The summed E-state index contributed by atoms with van der Waals surface area (Å²) < 4.78 is 5.52. The summed E-state index contributed by atoms with van der Waals surface area (Å²) in [6, 6.07) is 12.5. The Hall–Kier alpha value is -1.65. The summed E-state index contributed by atoms with van der Waals surface area (Å²) in [5.74, 6) is 0.144. The number of amides is 1. The average molecular weight is 341 g/mol. The van der Waals surface area contributed by atoms with E-state index in [0.29, 0.717) is 19.8 Å². The van der Waals surface area contributed by atoms with E-state index in [9.17, 15) is 4.79 Å². The number of carbonyl (C=O) groups excluding carboxylic acids is 1. The number of nitrogens with one attached hydrogen (secondary N) is 1. The van der Waals surface area contributed by atoms with Gasteiger partial charge in [-0.25, -0.2) is 0 Å². The second-order valence-electron chi connectivity index (χ2n) is 6.76. The Morgan fingerprint density at radius 2 is 1.96 bits per heavy atom. The standard InChI is InChI=1S/C20H23NO2S/c22-19(21-14-17-13-15-5-4-8-18(15)24-17)20(9-11-23-12-10-20)16-6-2-1-3-7-16/h1-3,6-7,13H,4-5,8-12,14H2,(H,21,22). The van der Waals surface area contributed by atoms with Crippen molar-refractivity contribution in [1.29, 1.82) is 0 Å². The number of hydrogen-bond acceptors (Lipinski definition) is 3. The Morgan fingerprint density at radius 3 is 2.71 bits per heavy atom. The number of rotatable bonds is 4. The van der Waals surface area contributed by atoms with Crippen LogP contribution in [-0.2, 0) is 34.3 Å². The minimum atomic E-state index is -0.445. The molecule has 24 heavy (non-hydrogen) atoms. The zero-order chi connectivity index (χ0) is 16.4. The topological polar surface area (TPSA) is 38.3 Å². The van der Waals surface area contributed by atoms with Gasteiger partial charge >= 0.3 is 0 Å². The van der Waals surface area contributed by atoms with Gasteiger partial charge in [0.25, 0.3) is 0 Å². The summed E-state index contributed by atoms with van der Waals surface area (Å²) in [5.41, 5.74) is 2.16. The molecule has 1 N–H and O–H groups in total. The van der Waals surface area contributed by atoms with Gasteiger partial charge in [0.05, 0.1) is 12.0 Å². The van der Waals surface area contributed by atoms with Crippen molar-refractivity contribution in [3.05, 3.63) is 57.3 Å². The van der Waals surface area contributed by atoms with Gasteiger partial charge in [-0.15, -0.1) is 11.3 Å². The molecule has 3 nitrogen and oxygen atoms in total. The molecule has 1 aliphatic heterocycles. The van der Waals surface area contributed by atoms with E-state index in [1.54, 1.807) is 0 Å². The van der Waals surface area contributed by atoms with Crippen molar-refractivity contribution in [3.8, 4) is 0 Å². The van der Waals surface area contributed by atoms with E-state index in [2.05, 4.69) is 23.5 Å². The molecule has 0 atom stereocenters. The Labute approximate surface area is 147 Å². The monoisotopic (exact) mass is 341 g/mol. The summed E-state index contributed by atoms with van der Waals surface area (Å²) in [7, 11) is 0. The van der Waals surface area contributed by atoms with Crippen LogP contribution in [0, 0.1) is 0 Å². The van der Waals surface area contributed by atoms with Crippen LogP contribution in [0.5, 0.6) is 0 Å². The fraction of sp³-hybridized carbons (Fsp3) is 0.450. The highest BCUT2D eigenvalue weighted by molar-refractivity contribution is 7.12. The largest absolute Gasteiger partial charge is 0.381 e. The fourth-order valence-corrected chi connectivity index (χ4v) is 5.14. The van der Waals surface area contributed by atoms with E-state index >= 15 is 0 Å². The minimum Gasteiger partial charge on any atom is -0.381 e. The quantitative estimate of drug-likeness (QED) is 0.923. The molecule has 4 heteroatoms. The lowest BCUT2D eigenvalue weighted by Crippen LogP contribution is -2.47. The Balaban J connectivity index is 1.51. The molecule has 1 fully saturated rings. The van der Waals surface area contributed by atoms with Crippen LogP contribution in [0.3, 0.4) is 0 Å². The van der Waals surface area contributed by atoms with E-state index in [0.717, 1.165) is 18.4 Å². The lowest BCUT2D eigenvalue weighted by atomic mass is 9.73. The highest BCUT2D eigenvalue weighted by atomic mass is 32.1. The molecule has 0 bridgehead atoms. The lowest BCUT2D eigenvalue weighted by Gasteiger charge is -2.36. The number of hydrogen-bond donors (Lipinski definition) is 1. The van der Waals surface area contributed by atoms with Gasteiger partial charge in [-0.1, -0.05) is 30.3 Å². The van der Waals surface area contributed by atoms with Gasteiger partial charge in [0.15, 0.2) is 0 Å². The smallest absolute Gasteiger partial charge is 0.231 e. The SMILES string of the molecule is O=C(NCc1cc2c(s1)CCC2)C1(c2ccccc2)CCOCC1. The number of thiophene rings is 1. The first-order valence-corrected chi connectivity index (χ1v) is 9.62. The first-order chi connectivity index (χ1) is 11.8. The van der Waals surface area contributed by atoms with E-state index in [1.807, 2.05) is 29.5 Å². The molecule has 1 aromatic carbocycles. The van der Waals surface area contributed by atoms with E-state index in [1.165, 1.54) is 34.6 Å². The second-order valence-corrected chi connectivity index (χ2v) is 7.98. The molecule has 2 heterocycles. The number of aryl methyl sites for hydroxylation is 2. The third kappa shape index (κ3) is 2.89. The molecule has 0 saturated carbocycles. The maximum atomic E-state index is 13.1. The van der Waals surface area contributed by atoms with E-state index in [-0.39, 0.29) is 5.91 Å². The maximum Gasteiger partial charge on any atom is 0.231 e. The summed E-state index contributed by atoms with van der Waals surface area (Å²) in [4.78, 5) is 15.9. The highest BCUT2D eigenvalue weighted by Gasteiger charge is 2.41. The highest BCUT2D eigenvalue weighted by Crippen LogP contribution is 2.35. The van der Waals surface area contributed by atoms with Crippen LogP contribution < -0.4 is 5.32 Å². The van der Waals surface area contributed by atoms with Crippen molar-refractivity contribution in [3.63, 3.8) is 0 Å². The van der Waals surface area contributed by atoms with Gasteiger partial charge < -0.3 is 10.1 Å². The summed E-state index contributed by atoms with van der Waals surface area (Å²) >= 11 is 1.87. The molecule has 4 rings (SSSR count). The zero-order valence-electron chi connectivity index (χ0n) is 13.8. The number of carbonyl (C=O) groups is 1. The molecule has 1 aromatic heterocycles. The molecule has 0 radical (unpaired) electrons. The van der Waals surface area contributed by atoms with Gasteiger partial charge in [0, 0.05) is 23.0 Å². The first kappa shape index (κ1) is 15.9. The third-order valence-corrected chi connectivity index (χ3v) is 6.57. The summed E-state index contributed by atoms with van der Waals surface area (Å²) in [6.07, 6.45) is 5.20. The predicted molar refractivity (Wildman–Crippen MR) is 96.4 cm³/mol. The van der Waals surface area contributed by atoms with Crippen molar-refractivity contribution < 1.29 is 9.53 Å². The number of benzene rings is 1. The summed E-state index contributed by atoms with van der Waals surface area (Å²) in [6.45, 7) is 1.94. The van der Waals surface area contributed by atoms with Crippen molar-refractivity contribution in [2.45, 2.75) is 44.1 Å². The molecular formula is C20H23NO2S.